The third-order valence-corrected chi connectivity index (χ3v) is 4.67. The molecule has 3 rings (SSSR count). The van der Waals surface area contributed by atoms with E-state index in [2.05, 4.69) is 5.32 Å². The highest BCUT2D eigenvalue weighted by Crippen LogP contribution is 2.27. The van der Waals surface area contributed by atoms with E-state index in [4.69, 9.17) is 16.3 Å². The number of nitrogens with one attached hydrogen (secondary N) is 1. The molecular formula is C21H23ClN2O3. The number of ether oxygens (including phenoxy) is 1. The first kappa shape index (κ1) is 19.2. The Hall–Kier alpha value is -2.53. The van der Waals surface area contributed by atoms with Crippen molar-refractivity contribution in [3.63, 3.8) is 0 Å². The van der Waals surface area contributed by atoms with Crippen LogP contribution in [0.1, 0.15) is 25.8 Å². The Morgan fingerprint density at radius 2 is 1.93 bits per heavy atom. The molecule has 1 saturated heterocycles. The minimum atomic E-state index is -0.369. The molecule has 2 aromatic rings. The molecule has 2 amide bonds. The second-order valence-corrected chi connectivity index (χ2v) is 7.31. The van der Waals surface area contributed by atoms with Crippen molar-refractivity contribution in [2.75, 3.05) is 11.4 Å². The van der Waals surface area contributed by atoms with Gasteiger partial charge >= 0.3 is 0 Å². The van der Waals surface area contributed by atoms with Crippen LogP contribution in [0.5, 0.6) is 5.75 Å². The predicted octanol–water partition coefficient (Wildman–Crippen LogP) is 3.80. The van der Waals surface area contributed by atoms with E-state index in [-0.39, 0.29) is 30.3 Å². The molecule has 1 heterocycles. The molecule has 2 aromatic carbocycles. The highest BCUT2D eigenvalue weighted by Gasteiger charge is 2.35. The van der Waals surface area contributed by atoms with E-state index in [9.17, 15) is 9.59 Å². The first-order valence-electron chi connectivity index (χ1n) is 9.02. The van der Waals surface area contributed by atoms with Gasteiger partial charge in [0.15, 0.2) is 0 Å². The van der Waals surface area contributed by atoms with Crippen LogP contribution in [0, 0.1) is 5.92 Å². The van der Waals surface area contributed by atoms with Gasteiger partial charge in [-0.05, 0) is 44.2 Å². The van der Waals surface area contributed by atoms with Gasteiger partial charge in [-0.3, -0.25) is 9.59 Å². The summed E-state index contributed by atoms with van der Waals surface area (Å²) in [5, 5.41) is 3.55. The van der Waals surface area contributed by atoms with Gasteiger partial charge in [0.1, 0.15) is 5.75 Å². The number of amides is 2. The zero-order chi connectivity index (χ0) is 19.4. The minimum absolute atomic E-state index is 0.0546. The van der Waals surface area contributed by atoms with Crippen LogP contribution in [-0.4, -0.2) is 24.5 Å². The molecule has 27 heavy (non-hydrogen) atoms. The Bertz CT molecular complexity index is 820. The highest BCUT2D eigenvalue weighted by molar-refractivity contribution is 6.30. The Morgan fingerprint density at radius 1 is 1.22 bits per heavy atom. The molecule has 0 unspecified atom stereocenters. The lowest BCUT2D eigenvalue weighted by Crippen LogP contribution is -2.32. The standard InChI is InChI=1S/C21H23ClN2O3/c1-14(2)27-19-6-4-3-5-15(19)12-23-21(26)16-11-20(25)24(13-16)18-9-7-17(22)8-10-18/h3-10,14,16H,11-13H2,1-2H3,(H,23,26)/t16-/m1/s1. The van der Waals surface area contributed by atoms with Crippen molar-refractivity contribution in [3.8, 4) is 5.75 Å². The van der Waals surface area contributed by atoms with Crippen LogP contribution < -0.4 is 15.0 Å². The van der Waals surface area contributed by atoms with Gasteiger partial charge in [0, 0.05) is 35.8 Å². The summed E-state index contributed by atoms with van der Waals surface area (Å²) in [4.78, 5) is 26.5. The van der Waals surface area contributed by atoms with Crippen LogP contribution >= 0.6 is 11.6 Å². The molecular weight excluding hydrogens is 364 g/mol. The predicted molar refractivity (Wildman–Crippen MR) is 106 cm³/mol. The summed E-state index contributed by atoms with van der Waals surface area (Å²) in [5.74, 6) is 0.213. The van der Waals surface area contributed by atoms with Crippen molar-refractivity contribution in [1.29, 1.82) is 0 Å². The Morgan fingerprint density at radius 3 is 2.63 bits per heavy atom. The van der Waals surface area contributed by atoms with Crippen molar-refractivity contribution in [3.05, 3.63) is 59.1 Å². The number of rotatable bonds is 6. The van der Waals surface area contributed by atoms with E-state index in [0.717, 1.165) is 17.0 Å². The zero-order valence-electron chi connectivity index (χ0n) is 15.4. The molecule has 1 aliphatic rings. The van der Waals surface area contributed by atoms with Crippen molar-refractivity contribution >= 4 is 29.1 Å². The van der Waals surface area contributed by atoms with E-state index in [0.29, 0.717) is 18.1 Å². The summed E-state index contributed by atoms with van der Waals surface area (Å²) in [6, 6.07) is 14.7. The number of halogens is 1. The topological polar surface area (TPSA) is 58.6 Å². The number of para-hydroxylation sites is 1. The van der Waals surface area contributed by atoms with Crippen LogP contribution in [0.25, 0.3) is 0 Å². The molecule has 5 nitrogen and oxygen atoms in total. The number of anilines is 1. The number of carbonyl (C=O) groups excluding carboxylic acids is 2. The molecule has 142 valence electrons. The van der Waals surface area contributed by atoms with Crippen molar-refractivity contribution in [2.45, 2.75) is 32.9 Å². The molecule has 0 spiro atoms. The lowest BCUT2D eigenvalue weighted by Gasteiger charge is -2.17. The zero-order valence-corrected chi connectivity index (χ0v) is 16.2. The van der Waals surface area contributed by atoms with Crippen molar-refractivity contribution in [2.24, 2.45) is 5.92 Å². The normalized spacial score (nSPS) is 16.7. The van der Waals surface area contributed by atoms with Gasteiger partial charge < -0.3 is 15.0 Å². The molecule has 0 bridgehead atoms. The van der Waals surface area contributed by atoms with Crippen LogP contribution in [0.2, 0.25) is 5.02 Å². The van der Waals surface area contributed by atoms with Gasteiger partial charge in [-0.2, -0.15) is 0 Å². The van der Waals surface area contributed by atoms with E-state index < -0.39 is 0 Å². The van der Waals surface area contributed by atoms with Crippen molar-refractivity contribution < 1.29 is 14.3 Å². The first-order valence-corrected chi connectivity index (χ1v) is 9.40. The fourth-order valence-electron chi connectivity index (χ4n) is 3.10. The molecule has 0 aromatic heterocycles. The lowest BCUT2D eigenvalue weighted by atomic mass is 10.1. The quantitative estimate of drug-likeness (QED) is 0.821. The second-order valence-electron chi connectivity index (χ2n) is 6.87. The van der Waals surface area contributed by atoms with Gasteiger partial charge in [-0.25, -0.2) is 0 Å². The van der Waals surface area contributed by atoms with Gasteiger partial charge in [0.25, 0.3) is 0 Å². The Labute approximate surface area is 164 Å². The number of nitrogens with zero attached hydrogens (tertiary/aromatic N) is 1. The molecule has 1 fully saturated rings. The van der Waals surface area contributed by atoms with Gasteiger partial charge in [0.05, 0.1) is 12.0 Å². The van der Waals surface area contributed by atoms with Crippen LogP contribution in [0.3, 0.4) is 0 Å². The van der Waals surface area contributed by atoms with E-state index in [1.165, 1.54) is 0 Å². The first-order chi connectivity index (χ1) is 12.9. The Kier molecular flexibility index (Phi) is 6.01. The van der Waals surface area contributed by atoms with E-state index in [1.54, 1.807) is 29.2 Å². The summed E-state index contributed by atoms with van der Waals surface area (Å²) in [7, 11) is 0. The van der Waals surface area contributed by atoms with Gasteiger partial charge in [0.2, 0.25) is 11.8 Å². The number of carbonyl (C=O) groups is 2. The van der Waals surface area contributed by atoms with Crippen LogP contribution in [-0.2, 0) is 16.1 Å². The van der Waals surface area contributed by atoms with Crippen molar-refractivity contribution in [1.82, 2.24) is 5.32 Å². The monoisotopic (exact) mass is 386 g/mol. The third kappa shape index (κ3) is 4.80. The fourth-order valence-corrected chi connectivity index (χ4v) is 3.23. The summed E-state index contributed by atoms with van der Waals surface area (Å²) in [6.07, 6.45) is 0.265. The summed E-state index contributed by atoms with van der Waals surface area (Å²) in [6.45, 7) is 4.67. The summed E-state index contributed by atoms with van der Waals surface area (Å²) < 4.78 is 5.78. The van der Waals surface area contributed by atoms with E-state index >= 15 is 0 Å². The minimum Gasteiger partial charge on any atom is -0.491 e. The largest absolute Gasteiger partial charge is 0.491 e. The maximum atomic E-state index is 12.6. The third-order valence-electron chi connectivity index (χ3n) is 4.42. The van der Waals surface area contributed by atoms with Gasteiger partial charge in [-0.1, -0.05) is 29.8 Å². The fraction of sp³-hybridized carbons (Fsp3) is 0.333. The van der Waals surface area contributed by atoms with E-state index in [1.807, 2.05) is 38.1 Å². The molecule has 1 aliphatic heterocycles. The average Bonchev–Trinajstić information content (AvgIpc) is 3.03. The molecule has 0 radical (unpaired) electrons. The SMILES string of the molecule is CC(C)Oc1ccccc1CNC(=O)[C@@H]1CC(=O)N(c2ccc(Cl)cc2)C1. The highest BCUT2D eigenvalue weighted by atomic mass is 35.5. The molecule has 1 N–H and O–H groups in total. The number of hydrogen-bond acceptors (Lipinski definition) is 3. The average molecular weight is 387 g/mol. The smallest absolute Gasteiger partial charge is 0.227 e. The maximum Gasteiger partial charge on any atom is 0.227 e. The molecule has 0 aliphatic carbocycles. The van der Waals surface area contributed by atoms with Crippen LogP contribution in [0.15, 0.2) is 48.5 Å². The summed E-state index contributed by atoms with van der Waals surface area (Å²) in [5.41, 5.74) is 1.67. The number of hydrogen-bond donors (Lipinski definition) is 1. The molecule has 6 heteroatoms. The molecule has 0 saturated carbocycles. The lowest BCUT2D eigenvalue weighted by molar-refractivity contribution is -0.126. The molecule has 1 atom stereocenters. The van der Waals surface area contributed by atoms with Gasteiger partial charge in [-0.15, -0.1) is 0 Å². The maximum absolute atomic E-state index is 12.6. The number of benzene rings is 2. The summed E-state index contributed by atoms with van der Waals surface area (Å²) >= 11 is 5.90. The van der Waals surface area contributed by atoms with Crippen LogP contribution in [0.4, 0.5) is 5.69 Å². The Balaban J connectivity index is 1.61. The second kappa shape index (κ2) is 8.44.